The van der Waals surface area contributed by atoms with Crippen molar-refractivity contribution in [3.8, 4) is 0 Å². The fourth-order valence-electron chi connectivity index (χ4n) is 2.28. The van der Waals surface area contributed by atoms with Crippen LogP contribution in [0.4, 0.5) is 23.0 Å². The van der Waals surface area contributed by atoms with E-state index in [1.807, 2.05) is 0 Å². The summed E-state index contributed by atoms with van der Waals surface area (Å²) in [5, 5.41) is 15.1. The molecule has 0 bridgehead atoms. The van der Waals surface area contributed by atoms with Gasteiger partial charge in [-0.05, 0) is 12.1 Å². The molecule has 0 fully saturated rings. The molecule has 0 unspecified atom stereocenters. The highest BCUT2D eigenvalue weighted by molar-refractivity contribution is 6.33. The number of anilines is 3. The van der Waals surface area contributed by atoms with Gasteiger partial charge < -0.3 is 19.7 Å². The number of benzene rings is 1. The van der Waals surface area contributed by atoms with Gasteiger partial charge in [-0.1, -0.05) is 23.7 Å². The Morgan fingerprint density at radius 1 is 1.19 bits per heavy atom. The topological polar surface area (TPSA) is 103 Å². The number of nitrogens with one attached hydrogen (secondary N) is 1. The number of nitro groups is 1. The maximum absolute atomic E-state index is 11.7. The van der Waals surface area contributed by atoms with E-state index in [9.17, 15) is 10.1 Å². The Balaban J connectivity index is 2.42. The standard InChI is InChI=1S/C16H20ClN5O4/c1-25-9-7-21(8-10-26-2)16-14(22(23)24)15(18-11-19-16)20-13-6-4-3-5-12(13)17/h3-6,11H,7-10H2,1-2H3,(H,18,19,20). The lowest BCUT2D eigenvalue weighted by Crippen LogP contribution is -2.32. The third-order valence-electron chi connectivity index (χ3n) is 3.54. The van der Waals surface area contributed by atoms with Crippen molar-refractivity contribution in [2.24, 2.45) is 0 Å². The number of ether oxygens (including phenoxy) is 2. The summed E-state index contributed by atoms with van der Waals surface area (Å²) < 4.78 is 10.2. The molecule has 10 heteroatoms. The molecule has 0 aliphatic carbocycles. The molecular weight excluding hydrogens is 362 g/mol. The van der Waals surface area contributed by atoms with Gasteiger partial charge in [-0.2, -0.15) is 0 Å². The molecule has 1 aromatic carbocycles. The first-order chi connectivity index (χ1) is 12.6. The third-order valence-corrected chi connectivity index (χ3v) is 3.87. The molecule has 1 N–H and O–H groups in total. The SMILES string of the molecule is COCCN(CCOC)c1ncnc(Nc2ccccc2Cl)c1[N+](=O)[O-]. The highest BCUT2D eigenvalue weighted by Crippen LogP contribution is 2.34. The molecule has 0 spiro atoms. The Bertz CT molecular complexity index is 738. The molecule has 0 saturated heterocycles. The highest BCUT2D eigenvalue weighted by Gasteiger charge is 2.27. The number of aromatic nitrogens is 2. The van der Waals surface area contributed by atoms with E-state index in [1.54, 1.807) is 43.4 Å². The summed E-state index contributed by atoms with van der Waals surface area (Å²) in [5.41, 5.74) is 0.280. The van der Waals surface area contributed by atoms with E-state index in [0.717, 1.165) is 0 Å². The number of methoxy groups -OCH3 is 2. The minimum Gasteiger partial charge on any atom is -0.383 e. The minimum atomic E-state index is -0.513. The van der Waals surface area contributed by atoms with Gasteiger partial charge in [-0.25, -0.2) is 9.97 Å². The molecule has 1 aromatic heterocycles. The number of hydrogen-bond acceptors (Lipinski definition) is 8. The number of nitrogens with zero attached hydrogens (tertiary/aromatic N) is 4. The van der Waals surface area contributed by atoms with Gasteiger partial charge in [0, 0.05) is 27.3 Å². The lowest BCUT2D eigenvalue weighted by Gasteiger charge is -2.23. The van der Waals surface area contributed by atoms with Crippen LogP contribution in [-0.2, 0) is 9.47 Å². The van der Waals surface area contributed by atoms with Crippen molar-refractivity contribution in [2.45, 2.75) is 0 Å². The second-order valence-electron chi connectivity index (χ2n) is 5.23. The summed E-state index contributed by atoms with van der Waals surface area (Å²) in [5.74, 6) is 0.251. The predicted molar refractivity (Wildman–Crippen MR) is 99.4 cm³/mol. The van der Waals surface area contributed by atoms with Crippen molar-refractivity contribution in [1.82, 2.24) is 9.97 Å². The maximum atomic E-state index is 11.7. The van der Waals surface area contributed by atoms with Crippen molar-refractivity contribution in [3.63, 3.8) is 0 Å². The van der Waals surface area contributed by atoms with Crippen molar-refractivity contribution in [2.75, 3.05) is 50.7 Å². The average Bonchev–Trinajstić information content (AvgIpc) is 2.63. The molecule has 0 amide bonds. The maximum Gasteiger partial charge on any atom is 0.353 e. The van der Waals surface area contributed by atoms with Gasteiger partial charge >= 0.3 is 5.69 Å². The molecule has 26 heavy (non-hydrogen) atoms. The summed E-state index contributed by atoms with van der Waals surface area (Å²) in [6.45, 7) is 1.61. The zero-order valence-electron chi connectivity index (χ0n) is 14.5. The summed E-state index contributed by atoms with van der Waals surface area (Å²) in [7, 11) is 3.13. The van der Waals surface area contributed by atoms with Gasteiger partial charge in [0.15, 0.2) is 0 Å². The summed E-state index contributed by atoms with van der Waals surface area (Å²) >= 11 is 6.13. The smallest absolute Gasteiger partial charge is 0.353 e. The molecule has 0 atom stereocenters. The van der Waals surface area contributed by atoms with Gasteiger partial charge in [0.05, 0.1) is 28.8 Å². The average molecular weight is 382 g/mol. The summed E-state index contributed by atoms with van der Waals surface area (Å²) in [6, 6.07) is 6.93. The molecule has 2 aromatic rings. The van der Waals surface area contributed by atoms with Gasteiger partial charge in [-0.15, -0.1) is 0 Å². The van der Waals surface area contributed by atoms with E-state index >= 15 is 0 Å². The van der Waals surface area contributed by atoms with E-state index in [-0.39, 0.29) is 17.3 Å². The second kappa shape index (κ2) is 9.85. The minimum absolute atomic E-state index is 0.0629. The Morgan fingerprint density at radius 3 is 2.42 bits per heavy atom. The number of rotatable bonds is 10. The summed E-state index contributed by atoms with van der Waals surface area (Å²) in [6.07, 6.45) is 1.27. The zero-order chi connectivity index (χ0) is 18.9. The molecule has 0 aliphatic rings. The van der Waals surface area contributed by atoms with Crippen LogP contribution >= 0.6 is 11.6 Å². The number of para-hydroxylation sites is 1. The largest absolute Gasteiger partial charge is 0.383 e. The van der Waals surface area contributed by atoms with Gasteiger partial charge in [-0.3, -0.25) is 10.1 Å². The quantitative estimate of drug-likeness (QED) is 0.495. The van der Waals surface area contributed by atoms with E-state index in [4.69, 9.17) is 21.1 Å². The van der Waals surface area contributed by atoms with E-state index < -0.39 is 4.92 Å². The normalized spacial score (nSPS) is 10.6. The fourth-order valence-corrected chi connectivity index (χ4v) is 2.46. The van der Waals surface area contributed by atoms with Crippen LogP contribution in [-0.4, -0.2) is 55.4 Å². The van der Waals surface area contributed by atoms with E-state index in [1.165, 1.54) is 6.33 Å². The lowest BCUT2D eigenvalue weighted by atomic mass is 10.3. The zero-order valence-corrected chi connectivity index (χ0v) is 15.3. The molecule has 140 valence electrons. The van der Waals surface area contributed by atoms with Crippen molar-refractivity contribution in [1.29, 1.82) is 0 Å². The molecule has 9 nitrogen and oxygen atoms in total. The van der Waals surface area contributed by atoms with Crippen LogP contribution in [0.5, 0.6) is 0 Å². The van der Waals surface area contributed by atoms with Crippen LogP contribution in [0.3, 0.4) is 0 Å². The molecule has 0 saturated carbocycles. The summed E-state index contributed by atoms with van der Waals surface area (Å²) in [4.78, 5) is 21.1. The second-order valence-corrected chi connectivity index (χ2v) is 5.64. The first-order valence-electron chi connectivity index (χ1n) is 7.82. The number of halogens is 1. The first kappa shape index (κ1) is 19.8. The van der Waals surface area contributed by atoms with Gasteiger partial charge in [0.2, 0.25) is 11.6 Å². The highest BCUT2D eigenvalue weighted by atomic mass is 35.5. The molecule has 2 rings (SSSR count). The van der Waals surface area contributed by atoms with E-state index in [2.05, 4.69) is 15.3 Å². The van der Waals surface area contributed by atoms with Crippen LogP contribution in [0.25, 0.3) is 0 Å². The third kappa shape index (κ3) is 5.01. The monoisotopic (exact) mass is 381 g/mol. The number of hydrogen-bond donors (Lipinski definition) is 1. The Morgan fingerprint density at radius 2 is 1.85 bits per heavy atom. The van der Waals surface area contributed by atoms with Crippen molar-refractivity contribution in [3.05, 3.63) is 45.7 Å². The molecule has 1 heterocycles. The van der Waals surface area contributed by atoms with E-state index in [0.29, 0.717) is 37.0 Å². The van der Waals surface area contributed by atoms with Crippen LogP contribution < -0.4 is 10.2 Å². The van der Waals surface area contributed by atoms with Gasteiger partial charge in [0.25, 0.3) is 0 Å². The molecular formula is C16H20ClN5O4. The van der Waals surface area contributed by atoms with Crippen LogP contribution in [0.2, 0.25) is 5.02 Å². The lowest BCUT2D eigenvalue weighted by molar-refractivity contribution is -0.383. The molecule has 0 radical (unpaired) electrons. The Labute approximate surface area is 156 Å². The Hall–Kier alpha value is -2.49. The van der Waals surface area contributed by atoms with Crippen LogP contribution in [0, 0.1) is 10.1 Å². The Kier molecular flexibility index (Phi) is 7.52. The molecule has 0 aliphatic heterocycles. The van der Waals surface area contributed by atoms with Crippen LogP contribution in [0.1, 0.15) is 0 Å². The van der Waals surface area contributed by atoms with Crippen molar-refractivity contribution >= 4 is 34.6 Å². The van der Waals surface area contributed by atoms with Gasteiger partial charge in [0.1, 0.15) is 6.33 Å². The van der Waals surface area contributed by atoms with Crippen LogP contribution in [0.15, 0.2) is 30.6 Å². The predicted octanol–water partition coefficient (Wildman–Crippen LogP) is 2.88. The first-order valence-corrected chi connectivity index (χ1v) is 8.20. The fraction of sp³-hybridized carbons (Fsp3) is 0.375. The van der Waals surface area contributed by atoms with Crippen molar-refractivity contribution < 1.29 is 14.4 Å².